The number of benzene rings is 3. The summed E-state index contributed by atoms with van der Waals surface area (Å²) in [4.78, 5) is 12.4. The van der Waals surface area contributed by atoms with Crippen molar-refractivity contribution in [3.63, 3.8) is 0 Å². The first-order valence-electron chi connectivity index (χ1n) is 10.1. The molecule has 1 amide bonds. The Hall–Kier alpha value is -3.29. The second-order valence-corrected chi connectivity index (χ2v) is 8.52. The van der Waals surface area contributed by atoms with Crippen LogP contribution in [0, 0.1) is 6.92 Å². The molecular formula is C24H22ClN5OS. The van der Waals surface area contributed by atoms with Crippen LogP contribution in [-0.2, 0) is 11.3 Å². The fourth-order valence-electron chi connectivity index (χ4n) is 3.14. The molecule has 3 aromatic carbocycles. The largest absolute Gasteiger partial charge is 0.378 e. The van der Waals surface area contributed by atoms with E-state index in [1.165, 1.54) is 17.3 Å². The fraction of sp³-hybridized carbons (Fsp3) is 0.125. The third-order valence-electron chi connectivity index (χ3n) is 4.64. The molecule has 2 N–H and O–H groups in total. The highest BCUT2D eigenvalue weighted by Crippen LogP contribution is 2.23. The summed E-state index contributed by atoms with van der Waals surface area (Å²) in [5.74, 6) is 0.844. The maximum atomic E-state index is 12.4. The fourth-order valence-corrected chi connectivity index (χ4v) is 4.04. The van der Waals surface area contributed by atoms with E-state index in [4.69, 9.17) is 11.6 Å². The highest BCUT2D eigenvalue weighted by atomic mass is 35.5. The lowest BCUT2D eigenvalue weighted by molar-refractivity contribution is -0.113. The van der Waals surface area contributed by atoms with E-state index in [2.05, 4.69) is 39.9 Å². The highest BCUT2D eigenvalue weighted by molar-refractivity contribution is 7.99. The molecule has 0 saturated carbocycles. The van der Waals surface area contributed by atoms with Gasteiger partial charge in [-0.05, 0) is 61.0 Å². The van der Waals surface area contributed by atoms with Gasteiger partial charge in [0.2, 0.25) is 5.91 Å². The summed E-state index contributed by atoms with van der Waals surface area (Å²) in [6.45, 7) is 2.56. The van der Waals surface area contributed by atoms with Crippen LogP contribution in [0.15, 0.2) is 84.0 Å². The van der Waals surface area contributed by atoms with E-state index >= 15 is 0 Å². The van der Waals surface area contributed by atoms with Gasteiger partial charge in [-0.25, -0.2) is 0 Å². The Kier molecular flexibility index (Phi) is 7.09. The molecule has 8 heteroatoms. The Balaban J connectivity index is 1.48. The van der Waals surface area contributed by atoms with Gasteiger partial charge >= 0.3 is 0 Å². The van der Waals surface area contributed by atoms with Gasteiger partial charge in [0, 0.05) is 22.1 Å². The standard InChI is InChI=1S/C24H22ClN5OS/c1-17-6-5-7-20(14-17)26-15-22-28-29-24(30(22)21-8-3-2-4-9-21)32-16-23(31)27-19-12-10-18(25)11-13-19/h2-14,26H,15-16H2,1H3,(H,27,31). The second-order valence-electron chi connectivity index (χ2n) is 7.14. The number of amides is 1. The maximum absolute atomic E-state index is 12.4. The Morgan fingerprint density at radius 2 is 1.75 bits per heavy atom. The zero-order chi connectivity index (χ0) is 22.3. The third kappa shape index (κ3) is 5.69. The average Bonchev–Trinajstić information content (AvgIpc) is 3.21. The molecule has 0 unspecified atom stereocenters. The van der Waals surface area contributed by atoms with Crippen molar-refractivity contribution in [2.45, 2.75) is 18.6 Å². The van der Waals surface area contributed by atoms with Crippen molar-refractivity contribution >= 4 is 40.6 Å². The van der Waals surface area contributed by atoms with Crippen LogP contribution in [-0.4, -0.2) is 26.4 Å². The first-order valence-corrected chi connectivity index (χ1v) is 11.4. The molecule has 4 aromatic rings. The van der Waals surface area contributed by atoms with Gasteiger partial charge in [0.1, 0.15) is 0 Å². The smallest absolute Gasteiger partial charge is 0.234 e. The van der Waals surface area contributed by atoms with Crippen molar-refractivity contribution in [2.75, 3.05) is 16.4 Å². The van der Waals surface area contributed by atoms with Crippen molar-refractivity contribution in [3.8, 4) is 5.69 Å². The first kappa shape index (κ1) is 21.9. The van der Waals surface area contributed by atoms with E-state index < -0.39 is 0 Å². The van der Waals surface area contributed by atoms with E-state index in [0.717, 1.165) is 17.2 Å². The molecule has 6 nitrogen and oxygen atoms in total. The van der Waals surface area contributed by atoms with Crippen molar-refractivity contribution < 1.29 is 4.79 Å². The molecule has 0 atom stereocenters. The van der Waals surface area contributed by atoms with E-state index in [9.17, 15) is 4.79 Å². The number of nitrogens with zero attached hydrogens (tertiary/aromatic N) is 3. The van der Waals surface area contributed by atoms with Gasteiger partial charge in [-0.1, -0.05) is 53.7 Å². The number of anilines is 2. The molecule has 0 aliphatic heterocycles. The molecule has 4 rings (SSSR count). The molecular weight excluding hydrogens is 442 g/mol. The number of rotatable bonds is 8. The van der Waals surface area contributed by atoms with Gasteiger partial charge in [-0.15, -0.1) is 10.2 Å². The van der Waals surface area contributed by atoms with Gasteiger partial charge in [0.05, 0.1) is 12.3 Å². The summed E-state index contributed by atoms with van der Waals surface area (Å²) in [6.07, 6.45) is 0. The van der Waals surface area contributed by atoms with Gasteiger partial charge in [-0.2, -0.15) is 0 Å². The normalized spacial score (nSPS) is 10.7. The van der Waals surface area contributed by atoms with Crippen molar-refractivity contribution in [1.29, 1.82) is 0 Å². The molecule has 1 aromatic heterocycles. The zero-order valence-corrected chi connectivity index (χ0v) is 19.0. The number of carbonyl (C=O) groups is 1. The van der Waals surface area contributed by atoms with Gasteiger partial charge in [-0.3, -0.25) is 9.36 Å². The lowest BCUT2D eigenvalue weighted by Gasteiger charge is -2.12. The number of aromatic nitrogens is 3. The first-order chi connectivity index (χ1) is 15.6. The lowest BCUT2D eigenvalue weighted by atomic mass is 10.2. The molecule has 0 fully saturated rings. The second kappa shape index (κ2) is 10.3. The molecule has 0 aliphatic carbocycles. The summed E-state index contributed by atoms with van der Waals surface area (Å²) in [5, 5.41) is 16.3. The molecule has 0 bridgehead atoms. The summed E-state index contributed by atoms with van der Waals surface area (Å²) < 4.78 is 1.98. The van der Waals surface area contributed by atoms with Crippen LogP contribution < -0.4 is 10.6 Å². The number of thioether (sulfide) groups is 1. The molecule has 0 spiro atoms. The number of hydrogen-bond acceptors (Lipinski definition) is 5. The Bertz CT molecular complexity index is 1190. The molecule has 0 radical (unpaired) electrons. The predicted molar refractivity (Wildman–Crippen MR) is 131 cm³/mol. The van der Waals surface area contributed by atoms with E-state index in [-0.39, 0.29) is 11.7 Å². The minimum atomic E-state index is -0.126. The van der Waals surface area contributed by atoms with Crippen LogP contribution in [0.5, 0.6) is 0 Å². The number of carbonyl (C=O) groups excluding carboxylic acids is 1. The minimum Gasteiger partial charge on any atom is -0.378 e. The van der Waals surface area contributed by atoms with E-state index in [1.807, 2.05) is 47.0 Å². The summed E-state index contributed by atoms with van der Waals surface area (Å²) in [5.41, 5.74) is 3.85. The zero-order valence-electron chi connectivity index (χ0n) is 17.5. The number of aryl methyl sites for hydroxylation is 1. The number of halogens is 1. The van der Waals surface area contributed by atoms with Crippen LogP contribution in [0.3, 0.4) is 0 Å². The Morgan fingerprint density at radius 1 is 0.969 bits per heavy atom. The Labute approximate surface area is 196 Å². The van der Waals surface area contributed by atoms with Crippen LogP contribution in [0.2, 0.25) is 5.02 Å². The SMILES string of the molecule is Cc1cccc(NCc2nnc(SCC(=O)Nc3ccc(Cl)cc3)n2-c2ccccc2)c1. The topological polar surface area (TPSA) is 71.8 Å². The molecule has 1 heterocycles. The van der Waals surface area contributed by atoms with Crippen LogP contribution in [0.1, 0.15) is 11.4 Å². The maximum Gasteiger partial charge on any atom is 0.234 e. The van der Waals surface area contributed by atoms with Crippen LogP contribution >= 0.6 is 23.4 Å². The van der Waals surface area contributed by atoms with Crippen LogP contribution in [0.25, 0.3) is 5.69 Å². The van der Waals surface area contributed by atoms with Crippen molar-refractivity contribution in [2.24, 2.45) is 0 Å². The number of hydrogen-bond donors (Lipinski definition) is 2. The average molecular weight is 464 g/mol. The summed E-state index contributed by atoms with van der Waals surface area (Å²) in [7, 11) is 0. The lowest BCUT2D eigenvalue weighted by Crippen LogP contribution is -2.14. The van der Waals surface area contributed by atoms with E-state index in [0.29, 0.717) is 22.4 Å². The molecule has 162 valence electrons. The minimum absolute atomic E-state index is 0.126. The van der Waals surface area contributed by atoms with Crippen molar-refractivity contribution in [3.05, 3.63) is 95.3 Å². The summed E-state index contributed by atoms with van der Waals surface area (Å²) in [6, 6.07) is 25.1. The third-order valence-corrected chi connectivity index (χ3v) is 5.82. The number of para-hydroxylation sites is 1. The van der Waals surface area contributed by atoms with E-state index in [1.54, 1.807) is 24.3 Å². The number of nitrogens with one attached hydrogen (secondary N) is 2. The predicted octanol–water partition coefficient (Wildman–Crippen LogP) is 5.57. The molecule has 0 aliphatic rings. The van der Waals surface area contributed by atoms with Crippen molar-refractivity contribution in [1.82, 2.24) is 14.8 Å². The quantitative estimate of drug-likeness (QED) is 0.334. The molecule has 0 saturated heterocycles. The monoisotopic (exact) mass is 463 g/mol. The van der Waals surface area contributed by atoms with Gasteiger partial charge in [0.15, 0.2) is 11.0 Å². The van der Waals surface area contributed by atoms with Gasteiger partial charge in [0.25, 0.3) is 0 Å². The Morgan fingerprint density at radius 3 is 2.50 bits per heavy atom. The molecule has 32 heavy (non-hydrogen) atoms. The van der Waals surface area contributed by atoms with Crippen LogP contribution in [0.4, 0.5) is 11.4 Å². The summed E-state index contributed by atoms with van der Waals surface area (Å²) >= 11 is 7.24. The van der Waals surface area contributed by atoms with Gasteiger partial charge < -0.3 is 10.6 Å². The highest BCUT2D eigenvalue weighted by Gasteiger charge is 2.16.